The van der Waals surface area contributed by atoms with E-state index in [1.54, 1.807) is 20.8 Å². The second kappa shape index (κ2) is 6.58. The van der Waals surface area contributed by atoms with E-state index < -0.39 is 58.5 Å². The smallest absolute Gasteiger partial charge is 0.328 e. The summed E-state index contributed by atoms with van der Waals surface area (Å²) in [7, 11) is 0. The molecule has 0 spiro atoms. The molecule has 0 aliphatic carbocycles. The third-order valence-electron chi connectivity index (χ3n) is 3.10. The molecule has 2 aromatic rings. The number of fused-ring (bicyclic) bond motifs is 1. The minimum absolute atomic E-state index is 0.359. The summed E-state index contributed by atoms with van der Waals surface area (Å²) < 4.78 is 33.7. The highest BCUT2D eigenvalue weighted by molar-refractivity contribution is 5.87. The molecular formula is C16H16F2N2O5. The van der Waals surface area contributed by atoms with E-state index >= 15 is 0 Å². The van der Waals surface area contributed by atoms with Gasteiger partial charge in [0, 0.05) is 5.39 Å². The molecule has 7 nitrogen and oxygen atoms in total. The highest BCUT2D eigenvalue weighted by Crippen LogP contribution is 2.21. The molecule has 1 N–H and O–H groups in total. The van der Waals surface area contributed by atoms with Crippen LogP contribution < -0.4 is 5.56 Å². The van der Waals surface area contributed by atoms with Gasteiger partial charge in [0.05, 0.1) is 17.5 Å². The molecule has 0 saturated heterocycles. The topological polar surface area (TPSA) is 98.5 Å². The van der Waals surface area contributed by atoms with Crippen molar-refractivity contribution in [3.8, 4) is 0 Å². The molecule has 0 bridgehead atoms. The van der Waals surface area contributed by atoms with Gasteiger partial charge in [0.2, 0.25) is 0 Å². The Hall–Kier alpha value is -2.84. The number of nitrogens with zero attached hydrogens (tertiary/aromatic N) is 2. The number of hydrogen-bond donors (Lipinski definition) is 1. The maximum atomic E-state index is 14.1. The number of hydrogen-bond acceptors (Lipinski definition) is 5. The molecule has 0 unspecified atom stereocenters. The molecule has 2 rings (SSSR count). The van der Waals surface area contributed by atoms with Gasteiger partial charge >= 0.3 is 11.9 Å². The third kappa shape index (κ3) is 4.17. The molecule has 1 heterocycles. The predicted molar refractivity (Wildman–Crippen MR) is 83.1 cm³/mol. The third-order valence-corrected chi connectivity index (χ3v) is 3.10. The van der Waals surface area contributed by atoms with Crippen molar-refractivity contribution in [3.63, 3.8) is 0 Å². The molecule has 0 atom stereocenters. The van der Waals surface area contributed by atoms with Gasteiger partial charge in [-0.3, -0.25) is 14.4 Å². The Balaban J connectivity index is 2.64. The Morgan fingerprint density at radius 3 is 2.28 bits per heavy atom. The summed E-state index contributed by atoms with van der Waals surface area (Å²) in [5.41, 5.74) is -2.23. The van der Waals surface area contributed by atoms with Gasteiger partial charge in [-0.2, -0.15) is 5.10 Å². The SMILES string of the molecule is CC(C)(C)OC(=O)Cn1nc(CC(=O)O)c2c(F)ccc(F)c2c1=O. The summed E-state index contributed by atoms with van der Waals surface area (Å²) in [6.07, 6.45) is -0.745. The largest absolute Gasteiger partial charge is 0.481 e. The van der Waals surface area contributed by atoms with Gasteiger partial charge in [0.15, 0.2) is 0 Å². The quantitative estimate of drug-likeness (QED) is 0.838. The van der Waals surface area contributed by atoms with Crippen molar-refractivity contribution >= 4 is 22.7 Å². The normalized spacial score (nSPS) is 11.6. The highest BCUT2D eigenvalue weighted by Gasteiger charge is 2.22. The maximum absolute atomic E-state index is 14.1. The summed E-state index contributed by atoms with van der Waals surface area (Å²) >= 11 is 0. The first-order valence-corrected chi connectivity index (χ1v) is 7.31. The first-order chi connectivity index (χ1) is 11.5. The van der Waals surface area contributed by atoms with Gasteiger partial charge in [0.25, 0.3) is 5.56 Å². The van der Waals surface area contributed by atoms with Crippen LogP contribution in [0.1, 0.15) is 26.5 Å². The second-order valence-electron chi connectivity index (χ2n) is 6.35. The molecule has 1 aromatic heterocycles. The molecule has 0 aliphatic rings. The maximum Gasteiger partial charge on any atom is 0.328 e. The van der Waals surface area contributed by atoms with Gasteiger partial charge < -0.3 is 9.84 Å². The van der Waals surface area contributed by atoms with Crippen LogP contribution >= 0.6 is 0 Å². The summed E-state index contributed by atoms with van der Waals surface area (Å²) in [5.74, 6) is -4.17. The van der Waals surface area contributed by atoms with Crippen LogP contribution in [0.25, 0.3) is 10.8 Å². The fourth-order valence-corrected chi connectivity index (χ4v) is 2.28. The standard InChI is InChI=1S/C16H16F2N2O5/c1-16(2,3)25-12(23)7-20-15(24)14-9(18)5-4-8(17)13(14)10(19-20)6-11(21)22/h4-5H,6-7H2,1-3H3,(H,21,22). The fraction of sp³-hybridized carbons (Fsp3) is 0.375. The number of carbonyl (C=O) groups excluding carboxylic acids is 1. The average Bonchev–Trinajstić information content (AvgIpc) is 2.43. The van der Waals surface area contributed by atoms with E-state index in [0.29, 0.717) is 4.68 Å². The lowest BCUT2D eigenvalue weighted by atomic mass is 10.1. The lowest BCUT2D eigenvalue weighted by molar-refractivity contribution is -0.155. The van der Waals surface area contributed by atoms with Gasteiger partial charge in [-0.05, 0) is 32.9 Å². The fourth-order valence-electron chi connectivity index (χ4n) is 2.28. The number of aromatic nitrogens is 2. The Labute approximate surface area is 140 Å². The number of rotatable bonds is 4. The molecule has 134 valence electrons. The predicted octanol–water partition coefficient (Wildman–Crippen LogP) is 1.64. The summed E-state index contributed by atoms with van der Waals surface area (Å²) in [6, 6.07) is 1.53. The van der Waals surface area contributed by atoms with Crippen LogP contribution in [0.15, 0.2) is 16.9 Å². The van der Waals surface area contributed by atoms with Crippen LogP contribution in [0.5, 0.6) is 0 Å². The van der Waals surface area contributed by atoms with Crippen molar-refractivity contribution in [1.29, 1.82) is 0 Å². The van der Waals surface area contributed by atoms with Crippen molar-refractivity contribution in [2.24, 2.45) is 0 Å². The first-order valence-electron chi connectivity index (χ1n) is 7.31. The minimum Gasteiger partial charge on any atom is -0.481 e. The van der Waals surface area contributed by atoms with Crippen LogP contribution in [0.3, 0.4) is 0 Å². The van der Waals surface area contributed by atoms with Crippen LogP contribution in [0, 0.1) is 11.6 Å². The Morgan fingerprint density at radius 1 is 1.20 bits per heavy atom. The van der Waals surface area contributed by atoms with E-state index in [0.717, 1.165) is 12.1 Å². The number of carbonyl (C=O) groups is 2. The van der Waals surface area contributed by atoms with Crippen molar-refractivity contribution in [1.82, 2.24) is 9.78 Å². The van der Waals surface area contributed by atoms with E-state index in [-0.39, 0.29) is 5.69 Å². The van der Waals surface area contributed by atoms with E-state index in [4.69, 9.17) is 9.84 Å². The Bertz CT molecular complexity index is 915. The molecule has 0 radical (unpaired) electrons. The molecule has 0 amide bonds. The minimum atomic E-state index is -1.35. The molecule has 0 saturated carbocycles. The molecule has 25 heavy (non-hydrogen) atoms. The number of esters is 1. The van der Waals surface area contributed by atoms with E-state index in [9.17, 15) is 23.2 Å². The van der Waals surface area contributed by atoms with Crippen LogP contribution in [-0.4, -0.2) is 32.4 Å². The summed E-state index contributed by atoms with van der Waals surface area (Å²) in [5, 5.41) is 11.5. The van der Waals surface area contributed by atoms with Crippen molar-refractivity contribution in [2.75, 3.05) is 0 Å². The van der Waals surface area contributed by atoms with Crippen molar-refractivity contribution in [3.05, 3.63) is 39.8 Å². The van der Waals surface area contributed by atoms with Crippen LogP contribution in [0.2, 0.25) is 0 Å². The van der Waals surface area contributed by atoms with Gasteiger partial charge in [-0.25, -0.2) is 13.5 Å². The summed E-state index contributed by atoms with van der Waals surface area (Å²) in [6.45, 7) is 4.19. The number of aliphatic carboxylic acids is 1. The summed E-state index contributed by atoms with van der Waals surface area (Å²) in [4.78, 5) is 35.3. The molecule has 1 aromatic carbocycles. The van der Waals surface area contributed by atoms with E-state index in [1.807, 2.05) is 0 Å². The lowest BCUT2D eigenvalue weighted by Gasteiger charge is -2.19. The van der Waals surface area contributed by atoms with E-state index in [1.165, 1.54) is 0 Å². The number of ether oxygens (including phenoxy) is 1. The number of carboxylic acid groups (broad SMARTS) is 1. The van der Waals surface area contributed by atoms with Crippen molar-refractivity contribution in [2.45, 2.75) is 39.3 Å². The number of benzene rings is 1. The van der Waals surface area contributed by atoms with Gasteiger partial charge in [-0.15, -0.1) is 0 Å². The molecule has 9 heteroatoms. The van der Waals surface area contributed by atoms with Crippen LogP contribution in [-0.2, 0) is 27.3 Å². The zero-order valence-corrected chi connectivity index (χ0v) is 13.8. The van der Waals surface area contributed by atoms with Gasteiger partial charge in [0.1, 0.15) is 23.8 Å². The number of halogens is 2. The first kappa shape index (κ1) is 18.5. The highest BCUT2D eigenvalue weighted by atomic mass is 19.1. The Morgan fingerprint density at radius 2 is 1.76 bits per heavy atom. The molecule has 0 aliphatic heterocycles. The number of carboxylic acids is 1. The average molecular weight is 354 g/mol. The molecule has 0 fully saturated rings. The van der Waals surface area contributed by atoms with Crippen molar-refractivity contribution < 1.29 is 28.2 Å². The van der Waals surface area contributed by atoms with Crippen LogP contribution in [0.4, 0.5) is 8.78 Å². The monoisotopic (exact) mass is 354 g/mol. The lowest BCUT2D eigenvalue weighted by Crippen LogP contribution is -2.33. The second-order valence-corrected chi connectivity index (χ2v) is 6.35. The van der Waals surface area contributed by atoms with Gasteiger partial charge in [-0.1, -0.05) is 0 Å². The zero-order chi connectivity index (χ0) is 18.9. The zero-order valence-electron chi connectivity index (χ0n) is 13.8. The van der Waals surface area contributed by atoms with E-state index in [2.05, 4.69) is 5.10 Å². The Kier molecular flexibility index (Phi) is 4.87. The molecular weight excluding hydrogens is 338 g/mol.